The SMILES string of the molecule is CCC(CC)n1ccc(CCNN)n1. The summed E-state index contributed by atoms with van der Waals surface area (Å²) in [6.45, 7) is 5.16. The summed E-state index contributed by atoms with van der Waals surface area (Å²) in [6.07, 6.45) is 5.21. The van der Waals surface area contributed by atoms with Gasteiger partial charge < -0.3 is 0 Å². The third kappa shape index (κ3) is 2.82. The molecule has 4 heteroatoms. The van der Waals surface area contributed by atoms with E-state index in [-0.39, 0.29) is 0 Å². The van der Waals surface area contributed by atoms with Gasteiger partial charge >= 0.3 is 0 Å². The Morgan fingerprint density at radius 1 is 1.50 bits per heavy atom. The topological polar surface area (TPSA) is 55.9 Å². The van der Waals surface area contributed by atoms with Crippen LogP contribution in [0.25, 0.3) is 0 Å². The summed E-state index contributed by atoms with van der Waals surface area (Å²) in [5.74, 6) is 5.21. The summed E-state index contributed by atoms with van der Waals surface area (Å²) in [7, 11) is 0. The number of hydrazine groups is 1. The molecular weight excluding hydrogens is 176 g/mol. The second kappa shape index (κ2) is 5.78. The van der Waals surface area contributed by atoms with Gasteiger partial charge in [-0.1, -0.05) is 13.8 Å². The van der Waals surface area contributed by atoms with Gasteiger partial charge in [0, 0.05) is 19.2 Å². The van der Waals surface area contributed by atoms with Crippen LogP contribution in [0.3, 0.4) is 0 Å². The van der Waals surface area contributed by atoms with E-state index in [1.54, 1.807) is 0 Å². The summed E-state index contributed by atoms with van der Waals surface area (Å²) >= 11 is 0. The highest BCUT2D eigenvalue weighted by Crippen LogP contribution is 2.14. The van der Waals surface area contributed by atoms with Crippen molar-refractivity contribution in [1.82, 2.24) is 15.2 Å². The van der Waals surface area contributed by atoms with Gasteiger partial charge in [0.2, 0.25) is 0 Å². The Bertz CT molecular complexity index is 252. The third-order valence-electron chi connectivity index (χ3n) is 2.51. The van der Waals surface area contributed by atoms with E-state index in [0.29, 0.717) is 6.04 Å². The van der Waals surface area contributed by atoms with E-state index in [2.05, 4.69) is 41.3 Å². The minimum Gasteiger partial charge on any atom is -0.271 e. The Morgan fingerprint density at radius 2 is 2.21 bits per heavy atom. The monoisotopic (exact) mass is 196 g/mol. The average Bonchev–Trinajstić information content (AvgIpc) is 2.65. The van der Waals surface area contributed by atoms with Gasteiger partial charge in [0.1, 0.15) is 0 Å². The lowest BCUT2D eigenvalue weighted by molar-refractivity contribution is 0.425. The summed E-state index contributed by atoms with van der Waals surface area (Å²) in [5.41, 5.74) is 3.74. The van der Waals surface area contributed by atoms with Crippen LogP contribution in [0, 0.1) is 0 Å². The third-order valence-corrected chi connectivity index (χ3v) is 2.51. The Balaban J connectivity index is 2.57. The molecule has 0 unspecified atom stereocenters. The molecule has 0 atom stereocenters. The van der Waals surface area contributed by atoms with Crippen LogP contribution < -0.4 is 11.3 Å². The van der Waals surface area contributed by atoms with Crippen LogP contribution in [0.1, 0.15) is 38.4 Å². The van der Waals surface area contributed by atoms with Gasteiger partial charge in [-0.05, 0) is 18.9 Å². The molecule has 0 radical (unpaired) electrons. The first kappa shape index (κ1) is 11.2. The van der Waals surface area contributed by atoms with Crippen molar-refractivity contribution < 1.29 is 0 Å². The quantitative estimate of drug-likeness (QED) is 0.532. The maximum atomic E-state index is 5.21. The molecule has 4 nitrogen and oxygen atoms in total. The van der Waals surface area contributed by atoms with Gasteiger partial charge in [0.05, 0.1) is 11.7 Å². The number of rotatable bonds is 6. The maximum Gasteiger partial charge on any atom is 0.0637 e. The Morgan fingerprint density at radius 3 is 2.79 bits per heavy atom. The van der Waals surface area contributed by atoms with E-state index >= 15 is 0 Å². The largest absolute Gasteiger partial charge is 0.271 e. The van der Waals surface area contributed by atoms with Crippen molar-refractivity contribution in [2.75, 3.05) is 6.54 Å². The molecule has 3 N–H and O–H groups in total. The van der Waals surface area contributed by atoms with Gasteiger partial charge in [0.25, 0.3) is 0 Å². The summed E-state index contributed by atoms with van der Waals surface area (Å²) < 4.78 is 2.06. The summed E-state index contributed by atoms with van der Waals surface area (Å²) in [6, 6.07) is 2.60. The fourth-order valence-electron chi connectivity index (χ4n) is 1.58. The summed E-state index contributed by atoms with van der Waals surface area (Å²) in [5, 5.41) is 4.51. The van der Waals surface area contributed by atoms with Gasteiger partial charge in [-0.2, -0.15) is 5.10 Å². The van der Waals surface area contributed by atoms with Crippen LogP contribution in [0.4, 0.5) is 0 Å². The Kier molecular flexibility index (Phi) is 4.62. The second-order valence-corrected chi connectivity index (χ2v) is 3.46. The highest BCUT2D eigenvalue weighted by atomic mass is 15.3. The van der Waals surface area contributed by atoms with Crippen LogP contribution in [0.2, 0.25) is 0 Å². The van der Waals surface area contributed by atoms with Crippen molar-refractivity contribution in [3.63, 3.8) is 0 Å². The molecule has 0 aliphatic heterocycles. The van der Waals surface area contributed by atoms with E-state index < -0.39 is 0 Å². The van der Waals surface area contributed by atoms with Gasteiger partial charge in [-0.25, -0.2) is 0 Å². The van der Waals surface area contributed by atoms with E-state index in [1.165, 1.54) is 0 Å². The molecular formula is C10H20N4. The fraction of sp³-hybridized carbons (Fsp3) is 0.700. The lowest BCUT2D eigenvalue weighted by Gasteiger charge is -2.12. The molecule has 14 heavy (non-hydrogen) atoms. The van der Waals surface area contributed by atoms with E-state index in [4.69, 9.17) is 5.84 Å². The molecule has 0 amide bonds. The number of nitrogens with one attached hydrogen (secondary N) is 1. The van der Waals surface area contributed by atoms with Crippen molar-refractivity contribution >= 4 is 0 Å². The zero-order valence-electron chi connectivity index (χ0n) is 9.03. The molecule has 0 bridgehead atoms. The molecule has 1 aromatic heterocycles. The van der Waals surface area contributed by atoms with Crippen molar-refractivity contribution in [2.45, 2.75) is 39.2 Å². The highest BCUT2D eigenvalue weighted by molar-refractivity contribution is 5.00. The number of hydrogen-bond donors (Lipinski definition) is 2. The Hall–Kier alpha value is -0.870. The first-order valence-electron chi connectivity index (χ1n) is 5.29. The highest BCUT2D eigenvalue weighted by Gasteiger charge is 2.07. The van der Waals surface area contributed by atoms with Crippen molar-refractivity contribution in [3.05, 3.63) is 18.0 Å². The van der Waals surface area contributed by atoms with Crippen LogP contribution in [-0.4, -0.2) is 16.3 Å². The van der Waals surface area contributed by atoms with E-state index in [9.17, 15) is 0 Å². The van der Waals surface area contributed by atoms with Gasteiger partial charge in [-0.3, -0.25) is 16.0 Å². The number of nitrogens with two attached hydrogens (primary N) is 1. The predicted octanol–water partition coefficient (Wildman–Crippen LogP) is 1.25. The maximum absolute atomic E-state index is 5.21. The molecule has 1 heterocycles. The van der Waals surface area contributed by atoms with Crippen molar-refractivity contribution in [2.24, 2.45) is 5.84 Å². The lowest BCUT2D eigenvalue weighted by Crippen LogP contribution is -2.24. The molecule has 0 spiro atoms. The minimum atomic E-state index is 0.537. The van der Waals surface area contributed by atoms with E-state index in [0.717, 1.165) is 31.5 Å². The van der Waals surface area contributed by atoms with Crippen LogP contribution in [0.15, 0.2) is 12.3 Å². The first-order chi connectivity index (χ1) is 6.81. The number of aromatic nitrogens is 2. The van der Waals surface area contributed by atoms with Gasteiger partial charge in [0.15, 0.2) is 0 Å². The number of hydrogen-bond acceptors (Lipinski definition) is 3. The van der Waals surface area contributed by atoms with E-state index in [1.807, 2.05) is 0 Å². The molecule has 80 valence electrons. The predicted molar refractivity (Wildman–Crippen MR) is 57.7 cm³/mol. The van der Waals surface area contributed by atoms with Crippen LogP contribution >= 0.6 is 0 Å². The smallest absolute Gasteiger partial charge is 0.0637 e. The van der Waals surface area contributed by atoms with Crippen LogP contribution in [0.5, 0.6) is 0 Å². The number of nitrogens with zero attached hydrogens (tertiary/aromatic N) is 2. The summed E-state index contributed by atoms with van der Waals surface area (Å²) in [4.78, 5) is 0. The zero-order valence-corrected chi connectivity index (χ0v) is 9.03. The fourth-order valence-corrected chi connectivity index (χ4v) is 1.58. The molecule has 0 aliphatic carbocycles. The Labute approximate surface area is 85.5 Å². The van der Waals surface area contributed by atoms with Crippen LogP contribution in [-0.2, 0) is 6.42 Å². The second-order valence-electron chi connectivity index (χ2n) is 3.46. The van der Waals surface area contributed by atoms with Crippen molar-refractivity contribution in [1.29, 1.82) is 0 Å². The van der Waals surface area contributed by atoms with Crippen molar-refractivity contribution in [3.8, 4) is 0 Å². The first-order valence-corrected chi connectivity index (χ1v) is 5.29. The molecule has 0 aromatic carbocycles. The molecule has 1 rings (SSSR count). The normalized spacial score (nSPS) is 11.1. The lowest BCUT2D eigenvalue weighted by atomic mass is 10.2. The zero-order chi connectivity index (χ0) is 10.4. The van der Waals surface area contributed by atoms with Gasteiger partial charge in [-0.15, -0.1) is 0 Å². The standard InChI is InChI=1S/C10H20N4/c1-3-10(4-2)14-8-6-9(13-14)5-7-12-11/h6,8,10,12H,3-5,7,11H2,1-2H3. The average molecular weight is 196 g/mol. The minimum absolute atomic E-state index is 0.537. The molecule has 0 aliphatic rings. The molecule has 1 aromatic rings. The molecule has 0 saturated heterocycles. The molecule has 0 fully saturated rings. The molecule has 0 saturated carbocycles.